The highest BCUT2D eigenvalue weighted by molar-refractivity contribution is 6.83. The van der Waals surface area contributed by atoms with Crippen LogP contribution in [0.5, 0.6) is 0 Å². The molecule has 2 rings (SSSR count). The molecule has 0 aliphatic rings. The molecule has 0 saturated carbocycles. The second-order valence-corrected chi connectivity index (χ2v) is 5.74. The Hall–Kier alpha value is -1.91. The minimum atomic E-state index is -0.977. The Morgan fingerprint density at radius 1 is 1.17 bits per heavy atom. The van der Waals surface area contributed by atoms with Gasteiger partial charge in [-0.05, 0) is 48.9 Å². The number of ketones is 1. The highest BCUT2D eigenvalue weighted by Gasteiger charge is 2.24. The van der Waals surface area contributed by atoms with Gasteiger partial charge in [0, 0.05) is 25.0 Å². The van der Waals surface area contributed by atoms with Gasteiger partial charge in [0.2, 0.25) is 0 Å². The molecule has 122 valence electrons. The predicted molar refractivity (Wildman–Crippen MR) is 91.0 cm³/mol. The van der Waals surface area contributed by atoms with Crippen LogP contribution in [-0.4, -0.2) is 29.7 Å². The first-order valence-electron chi connectivity index (χ1n) is 7.56. The summed E-state index contributed by atoms with van der Waals surface area (Å²) in [5.74, 6) is -0.697. The molecule has 0 saturated heterocycles. The molecule has 0 fully saturated rings. The van der Waals surface area contributed by atoms with E-state index in [9.17, 15) is 9.59 Å². The lowest BCUT2D eigenvalue weighted by atomic mass is 9.95. The SMILES string of the molecule is COCCCCc1c(C)[nH]c(C(=O)C(=O)Cl)c1-c1ccccc1. The van der Waals surface area contributed by atoms with Gasteiger partial charge in [-0.2, -0.15) is 0 Å². The largest absolute Gasteiger partial charge is 0.385 e. The second kappa shape index (κ2) is 8.09. The number of unbranched alkanes of at least 4 members (excludes halogenated alkanes) is 1. The first-order chi connectivity index (χ1) is 11.1. The number of carbonyl (C=O) groups excluding carboxylic acids is 2. The summed E-state index contributed by atoms with van der Waals surface area (Å²) in [4.78, 5) is 26.5. The number of H-pyrrole nitrogens is 1. The number of Topliss-reactive ketones (excluding diaryl/α,β-unsaturated/α-hetero) is 1. The number of nitrogens with one attached hydrogen (secondary N) is 1. The van der Waals surface area contributed by atoms with E-state index >= 15 is 0 Å². The Bertz CT molecular complexity index is 692. The van der Waals surface area contributed by atoms with Gasteiger partial charge in [0.25, 0.3) is 11.0 Å². The van der Waals surface area contributed by atoms with Gasteiger partial charge in [0.1, 0.15) is 0 Å². The van der Waals surface area contributed by atoms with E-state index in [-0.39, 0.29) is 5.69 Å². The molecule has 0 unspecified atom stereocenters. The van der Waals surface area contributed by atoms with Gasteiger partial charge in [0.15, 0.2) is 0 Å². The van der Waals surface area contributed by atoms with Crippen molar-refractivity contribution < 1.29 is 14.3 Å². The van der Waals surface area contributed by atoms with Gasteiger partial charge in [-0.15, -0.1) is 0 Å². The monoisotopic (exact) mass is 333 g/mol. The summed E-state index contributed by atoms with van der Waals surface area (Å²) in [7, 11) is 1.68. The molecule has 0 radical (unpaired) electrons. The van der Waals surface area contributed by atoms with Crippen molar-refractivity contribution in [3.63, 3.8) is 0 Å². The fourth-order valence-corrected chi connectivity index (χ4v) is 2.81. The summed E-state index contributed by atoms with van der Waals surface area (Å²) in [5.41, 5.74) is 3.89. The molecule has 0 aliphatic heterocycles. The van der Waals surface area contributed by atoms with Crippen LogP contribution in [0.2, 0.25) is 0 Å². The van der Waals surface area contributed by atoms with Crippen molar-refractivity contribution in [2.45, 2.75) is 26.2 Å². The number of aromatic amines is 1. The molecule has 0 bridgehead atoms. The topological polar surface area (TPSA) is 59.2 Å². The lowest BCUT2D eigenvalue weighted by Crippen LogP contribution is -2.09. The first-order valence-corrected chi connectivity index (χ1v) is 7.94. The molecule has 1 N–H and O–H groups in total. The average molecular weight is 334 g/mol. The molecule has 5 heteroatoms. The van der Waals surface area contributed by atoms with Crippen molar-refractivity contribution >= 4 is 22.6 Å². The summed E-state index contributed by atoms with van der Waals surface area (Å²) < 4.78 is 5.08. The Morgan fingerprint density at radius 3 is 2.48 bits per heavy atom. The highest BCUT2D eigenvalue weighted by Crippen LogP contribution is 2.32. The molecular formula is C18H20ClNO3. The van der Waals surface area contributed by atoms with Crippen LogP contribution in [0.1, 0.15) is 34.6 Å². The van der Waals surface area contributed by atoms with Gasteiger partial charge in [-0.25, -0.2) is 0 Å². The molecule has 0 amide bonds. The number of methoxy groups -OCH3 is 1. The standard InChI is InChI=1S/C18H20ClNO3/c1-12-14(10-6-7-11-23-2)15(13-8-4-3-5-9-13)16(20-12)17(21)18(19)22/h3-5,8-9,20H,6-7,10-11H2,1-2H3. The van der Waals surface area contributed by atoms with Crippen LogP contribution < -0.4 is 0 Å². The van der Waals surface area contributed by atoms with Gasteiger partial charge < -0.3 is 9.72 Å². The molecular weight excluding hydrogens is 314 g/mol. The number of carbonyl (C=O) groups is 2. The Labute approximate surface area is 140 Å². The molecule has 1 aromatic carbocycles. The number of hydrogen-bond donors (Lipinski definition) is 1. The van der Waals surface area contributed by atoms with E-state index in [4.69, 9.17) is 16.3 Å². The maximum absolute atomic E-state index is 12.1. The molecule has 23 heavy (non-hydrogen) atoms. The molecule has 1 heterocycles. The third-order valence-corrected chi connectivity index (χ3v) is 3.98. The van der Waals surface area contributed by atoms with Crippen molar-refractivity contribution in [2.24, 2.45) is 0 Å². The zero-order valence-corrected chi connectivity index (χ0v) is 14.1. The van der Waals surface area contributed by atoms with Crippen molar-refractivity contribution in [1.29, 1.82) is 0 Å². The summed E-state index contributed by atoms with van der Waals surface area (Å²) in [6.07, 6.45) is 2.68. The zero-order valence-electron chi connectivity index (χ0n) is 13.3. The van der Waals surface area contributed by atoms with Crippen LogP contribution in [0.15, 0.2) is 30.3 Å². The quantitative estimate of drug-likeness (QED) is 0.345. The molecule has 0 atom stereocenters. The minimum Gasteiger partial charge on any atom is -0.385 e. The smallest absolute Gasteiger partial charge is 0.294 e. The van der Waals surface area contributed by atoms with E-state index in [2.05, 4.69) is 4.98 Å². The Morgan fingerprint density at radius 2 is 1.87 bits per heavy atom. The Kier molecular flexibility index (Phi) is 6.13. The van der Waals surface area contributed by atoms with E-state index in [1.165, 1.54) is 0 Å². The number of aryl methyl sites for hydroxylation is 1. The van der Waals surface area contributed by atoms with Crippen molar-refractivity contribution in [3.8, 4) is 11.1 Å². The number of hydrogen-bond acceptors (Lipinski definition) is 3. The second-order valence-electron chi connectivity index (χ2n) is 5.40. The number of ether oxygens (including phenoxy) is 1. The van der Waals surface area contributed by atoms with E-state index in [1.807, 2.05) is 37.3 Å². The van der Waals surface area contributed by atoms with Crippen LogP contribution in [0.4, 0.5) is 0 Å². The van der Waals surface area contributed by atoms with Gasteiger partial charge in [0.05, 0.1) is 5.69 Å². The summed E-state index contributed by atoms with van der Waals surface area (Å²) in [6.45, 7) is 2.61. The van der Waals surface area contributed by atoms with E-state index < -0.39 is 11.0 Å². The minimum absolute atomic E-state index is 0.274. The lowest BCUT2D eigenvalue weighted by molar-refractivity contribution is -0.108. The highest BCUT2D eigenvalue weighted by atomic mass is 35.5. The first kappa shape index (κ1) is 17.4. The van der Waals surface area contributed by atoms with Gasteiger partial charge in [-0.1, -0.05) is 30.3 Å². The van der Waals surface area contributed by atoms with Crippen molar-refractivity contribution in [3.05, 3.63) is 47.3 Å². The van der Waals surface area contributed by atoms with E-state index in [1.54, 1.807) is 7.11 Å². The number of rotatable bonds is 8. The third kappa shape index (κ3) is 4.09. The molecule has 0 spiro atoms. The summed E-state index contributed by atoms with van der Waals surface area (Å²) >= 11 is 5.40. The third-order valence-electron chi connectivity index (χ3n) is 3.81. The van der Waals surface area contributed by atoms with E-state index in [0.29, 0.717) is 6.61 Å². The number of halogens is 1. The average Bonchev–Trinajstić information content (AvgIpc) is 2.88. The Balaban J connectivity index is 2.44. The molecule has 2 aromatic rings. The number of benzene rings is 1. The van der Waals surface area contributed by atoms with Crippen LogP contribution in [0, 0.1) is 6.92 Å². The molecule has 4 nitrogen and oxygen atoms in total. The normalized spacial score (nSPS) is 10.7. The maximum Gasteiger partial charge on any atom is 0.294 e. The number of aromatic nitrogens is 1. The lowest BCUT2D eigenvalue weighted by Gasteiger charge is -2.07. The van der Waals surface area contributed by atoms with Crippen molar-refractivity contribution in [2.75, 3.05) is 13.7 Å². The fourth-order valence-electron chi connectivity index (χ4n) is 2.72. The van der Waals surface area contributed by atoms with Crippen LogP contribution in [0.3, 0.4) is 0 Å². The van der Waals surface area contributed by atoms with Crippen LogP contribution in [-0.2, 0) is 16.0 Å². The van der Waals surface area contributed by atoms with Crippen LogP contribution in [0.25, 0.3) is 11.1 Å². The van der Waals surface area contributed by atoms with Gasteiger partial charge in [-0.3, -0.25) is 9.59 Å². The maximum atomic E-state index is 12.1. The van der Waals surface area contributed by atoms with Gasteiger partial charge >= 0.3 is 0 Å². The van der Waals surface area contributed by atoms with E-state index in [0.717, 1.165) is 41.6 Å². The predicted octanol–water partition coefficient (Wildman–Crippen LogP) is 3.91. The fraction of sp³-hybridized carbons (Fsp3) is 0.333. The molecule has 1 aromatic heterocycles. The summed E-state index contributed by atoms with van der Waals surface area (Å²) in [6, 6.07) is 9.58. The van der Waals surface area contributed by atoms with Crippen molar-refractivity contribution in [1.82, 2.24) is 4.98 Å². The summed E-state index contributed by atoms with van der Waals surface area (Å²) in [5, 5.41) is -0.977. The molecule has 0 aliphatic carbocycles. The van der Waals surface area contributed by atoms with Crippen LogP contribution >= 0.6 is 11.6 Å². The zero-order chi connectivity index (χ0) is 16.8.